The van der Waals surface area contributed by atoms with Crippen LogP contribution >= 0.6 is 11.3 Å². The average molecular weight is 302 g/mol. The summed E-state index contributed by atoms with van der Waals surface area (Å²) in [4.78, 5) is 14.9. The molecule has 1 fully saturated rings. The Morgan fingerprint density at radius 3 is 2.68 bits per heavy atom. The van der Waals surface area contributed by atoms with E-state index in [-0.39, 0.29) is 11.9 Å². The second-order valence-corrected chi connectivity index (χ2v) is 7.61. The topological polar surface area (TPSA) is 66.5 Å². The van der Waals surface area contributed by atoms with Crippen LogP contribution in [0.25, 0.3) is 0 Å². The van der Waals surface area contributed by atoms with Gasteiger partial charge in [0.05, 0.1) is 12.7 Å². The SMILES string of the molecule is CS(=O)(=O)NC1CCN(C(=O)Cc2cccs2)CC1. The van der Waals surface area contributed by atoms with Gasteiger partial charge < -0.3 is 4.90 Å². The van der Waals surface area contributed by atoms with Gasteiger partial charge in [-0.3, -0.25) is 4.79 Å². The number of rotatable bonds is 4. The Morgan fingerprint density at radius 1 is 1.47 bits per heavy atom. The number of nitrogens with zero attached hydrogens (tertiary/aromatic N) is 1. The molecular formula is C12H18N2O3S2. The lowest BCUT2D eigenvalue weighted by molar-refractivity contribution is -0.131. The highest BCUT2D eigenvalue weighted by Gasteiger charge is 2.24. The normalized spacial score (nSPS) is 17.6. The van der Waals surface area contributed by atoms with Gasteiger partial charge in [-0.1, -0.05) is 6.07 Å². The van der Waals surface area contributed by atoms with Gasteiger partial charge >= 0.3 is 0 Å². The lowest BCUT2D eigenvalue weighted by Gasteiger charge is -2.32. The van der Waals surface area contributed by atoms with Crippen molar-refractivity contribution in [2.75, 3.05) is 19.3 Å². The fraction of sp³-hybridized carbons (Fsp3) is 0.583. The highest BCUT2D eigenvalue weighted by Crippen LogP contribution is 2.15. The zero-order valence-electron chi connectivity index (χ0n) is 10.8. The van der Waals surface area contributed by atoms with Crippen LogP contribution in [-0.2, 0) is 21.2 Å². The summed E-state index contributed by atoms with van der Waals surface area (Å²) in [6.45, 7) is 1.24. The van der Waals surface area contributed by atoms with Crippen LogP contribution in [0, 0.1) is 0 Å². The van der Waals surface area contributed by atoms with Crippen LogP contribution in [0.3, 0.4) is 0 Å². The van der Waals surface area contributed by atoms with Gasteiger partial charge in [0.1, 0.15) is 0 Å². The first kappa shape index (κ1) is 14.5. The van der Waals surface area contributed by atoms with Gasteiger partial charge in [-0.05, 0) is 24.3 Å². The van der Waals surface area contributed by atoms with Crippen molar-refractivity contribution in [1.82, 2.24) is 9.62 Å². The third kappa shape index (κ3) is 4.59. The number of likely N-dealkylation sites (tertiary alicyclic amines) is 1. The Kier molecular flexibility index (Phi) is 4.59. The van der Waals surface area contributed by atoms with E-state index in [4.69, 9.17) is 0 Å². The first-order valence-electron chi connectivity index (χ1n) is 6.21. The summed E-state index contributed by atoms with van der Waals surface area (Å²) in [6, 6.07) is 3.86. The molecule has 0 spiro atoms. The van der Waals surface area contributed by atoms with Crippen LogP contribution in [-0.4, -0.2) is 44.6 Å². The zero-order chi connectivity index (χ0) is 13.9. The maximum absolute atomic E-state index is 12.1. The largest absolute Gasteiger partial charge is 0.342 e. The van der Waals surface area contributed by atoms with E-state index in [1.54, 1.807) is 11.3 Å². The number of amides is 1. The van der Waals surface area contributed by atoms with Gasteiger partial charge in [0.25, 0.3) is 0 Å². The van der Waals surface area contributed by atoms with Crippen molar-refractivity contribution in [1.29, 1.82) is 0 Å². The molecule has 0 saturated carbocycles. The zero-order valence-corrected chi connectivity index (χ0v) is 12.5. The molecule has 0 unspecified atom stereocenters. The Balaban J connectivity index is 1.81. The van der Waals surface area contributed by atoms with Crippen molar-refractivity contribution in [2.24, 2.45) is 0 Å². The van der Waals surface area contributed by atoms with E-state index in [0.717, 1.165) is 4.88 Å². The summed E-state index contributed by atoms with van der Waals surface area (Å²) in [5.74, 6) is 0.125. The van der Waals surface area contributed by atoms with Crippen molar-refractivity contribution < 1.29 is 13.2 Å². The van der Waals surface area contributed by atoms with Crippen molar-refractivity contribution in [3.8, 4) is 0 Å². The van der Waals surface area contributed by atoms with Crippen LogP contribution in [0.2, 0.25) is 0 Å². The molecule has 5 nitrogen and oxygen atoms in total. The van der Waals surface area contributed by atoms with Gasteiger partial charge in [0.15, 0.2) is 0 Å². The van der Waals surface area contributed by atoms with Gasteiger partial charge in [0, 0.05) is 24.0 Å². The summed E-state index contributed by atoms with van der Waals surface area (Å²) in [7, 11) is -3.15. The Labute approximate surface area is 117 Å². The first-order valence-corrected chi connectivity index (χ1v) is 8.98. The minimum atomic E-state index is -3.15. The predicted molar refractivity (Wildman–Crippen MR) is 75.6 cm³/mol. The number of thiophene rings is 1. The summed E-state index contributed by atoms with van der Waals surface area (Å²) >= 11 is 1.58. The van der Waals surface area contributed by atoms with Crippen LogP contribution in [0.1, 0.15) is 17.7 Å². The molecule has 2 heterocycles. The molecule has 7 heteroatoms. The summed E-state index contributed by atoms with van der Waals surface area (Å²) in [6.07, 6.45) is 2.98. The minimum absolute atomic E-state index is 0.0409. The van der Waals surface area contributed by atoms with Gasteiger partial charge in [-0.2, -0.15) is 0 Å². The summed E-state index contributed by atoms with van der Waals surface area (Å²) < 4.78 is 24.9. The number of nitrogens with one attached hydrogen (secondary N) is 1. The van der Waals surface area contributed by atoms with Crippen molar-refractivity contribution in [3.63, 3.8) is 0 Å². The molecule has 1 aliphatic rings. The molecular weight excluding hydrogens is 284 g/mol. The molecule has 0 aromatic carbocycles. The molecule has 0 atom stereocenters. The summed E-state index contributed by atoms with van der Waals surface area (Å²) in [5, 5.41) is 1.96. The van der Waals surface area contributed by atoms with E-state index in [2.05, 4.69) is 4.72 Å². The van der Waals surface area contributed by atoms with Crippen molar-refractivity contribution >= 4 is 27.3 Å². The third-order valence-corrected chi connectivity index (χ3v) is 4.77. The molecule has 0 radical (unpaired) electrons. The molecule has 1 aliphatic heterocycles. The maximum atomic E-state index is 12.1. The standard InChI is InChI=1S/C12H18N2O3S2/c1-19(16,17)13-10-4-6-14(7-5-10)12(15)9-11-3-2-8-18-11/h2-3,8,10,13H,4-7,9H2,1H3. The Bertz CT molecular complexity index is 517. The lowest BCUT2D eigenvalue weighted by Crippen LogP contribution is -2.46. The molecule has 1 amide bonds. The van der Waals surface area contributed by atoms with Gasteiger partial charge in [-0.15, -0.1) is 11.3 Å². The second kappa shape index (κ2) is 6.02. The van der Waals surface area contributed by atoms with E-state index in [1.807, 2.05) is 22.4 Å². The van der Waals surface area contributed by atoms with E-state index < -0.39 is 10.0 Å². The van der Waals surface area contributed by atoms with E-state index >= 15 is 0 Å². The smallest absolute Gasteiger partial charge is 0.227 e. The molecule has 19 heavy (non-hydrogen) atoms. The van der Waals surface area contributed by atoms with Crippen molar-refractivity contribution in [2.45, 2.75) is 25.3 Å². The van der Waals surface area contributed by atoms with Crippen molar-refractivity contribution in [3.05, 3.63) is 22.4 Å². The van der Waals surface area contributed by atoms with Crippen LogP contribution in [0.5, 0.6) is 0 Å². The monoisotopic (exact) mass is 302 g/mol. The molecule has 0 aliphatic carbocycles. The van der Waals surface area contributed by atoms with Crippen LogP contribution in [0.15, 0.2) is 17.5 Å². The lowest BCUT2D eigenvalue weighted by atomic mass is 10.1. The Hall–Kier alpha value is -0.920. The minimum Gasteiger partial charge on any atom is -0.342 e. The van der Waals surface area contributed by atoms with Crippen LogP contribution in [0.4, 0.5) is 0 Å². The fourth-order valence-corrected chi connectivity index (χ4v) is 3.76. The molecule has 1 aromatic rings. The molecule has 0 bridgehead atoms. The predicted octanol–water partition coefficient (Wildman–Crippen LogP) is 0.831. The second-order valence-electron chi connectivity index (χ2n) is 4.80. The highest BCUT2D eigenvalue weighted by atomic mass is 32.2. The van der Waals surface area contributed by atoms with Gasteiger partial charge in [-0.25, -0.2) is 13.1 Å². The molecule has 1 N–H and O–H groups in total. The number of hydrogen-bond donors (Lipinski definition) is 1. The summed E-state index contributed by atoms with van der Waals surface area (Å²) in [5.41, 5.74) is 0. The van der Waals surface area contributed by atoms with E-state index in [0.29, 0.717) is 32.4 Å². The number of carbonyl (C=O) groups excluding carboxylic acids is 1. The average Bonchev–Trinajstić information content (AvgIpc) is 2.80. The molecule has 2 rings (SSSR count). The molecule has 106 valence electrons. The number of piperidine rings is 1. The number of sulfonamides is 1. The van der Waals surface area contributed by atoms with Gasteiger partial charge in [0.2, 0.25) is 15.9 Å². The Morgan fingerprint density at radius 2 is 2.16 bits per heavy atom. The molecule has 1 saturated heterocycles. The van der Waals surface area contributed by atoms with E-state index in [9.17, 15) is 13.2 Å². The number of hydrogen-bond acceptors (Lipinski definition) is 4. The fourth-order valence-electron chi connectivity index (χ4n) is 2.22. The van der Waals surface area contributed by atoms with Crippen LogP contribution < -0.4 is 4.72 Å². The number of carbonyl (C=O) groups is 1. The maximum Gasteiger partial charge on any atom is 0.227 e. The first-order chi connectivity index (χ1) is 8.94. The molecule has 1 aromatic heterocycles. The van der Waals surface area contributed by atoms with E-state index in [1.165, 1.54) is 6.26 Å². The quantitative estimate of drug-likeness (QED) is 0.896. The highest BCUT2D eigenvalue weighted by molar-refractivity contribution is 7.88. The third-order valence-electron chi connectivity index (χ3n) is 3.13.